The smallest absolute Gasteiger partial charge is 0.237 e. The molecular formula is C15H29N3O. The van der Waals surface area contributed by atoms with E-state index in [1.54, 1.807) is 0 Å². The third-order valence-electron chi connectivity index (χ3n) is 4.76. The van der Waals surface area contributed by atoms with Crippen LogP contribution < -0.4 is 10.6 Å². The Morgan fingerprint density at radius 1 is 1.21 bits per heavy atom. The molecule has 2 N–H and O–H groups in total. The van der Waals surface area contributed by atoms with Gasteiger partial charge in [0.15, 0.2) is 0 Å². The number of nitrogens with one attached hydrogen (secondary N) is 2. The van der Waals surface area contributed by atoms with Crippen molar-refractivity contribution in [3.05, 3.63) is 0 Å². The quantitative estimate of drug-likeness (QED) is 0.811. The van der Waals surface area contributed by atoms with Gasteiger partial charge in [-0.25, -0.2) is 0 Å². The summed E-state index contributed by atoms with van der Waals surface area (Å²) >= 11 is 0. The topological polar surface area (TPSA) is 44.4 Å². The highest BCUT2D eigenvalue weighted by Gasteiger charge is 2.31. The molecule has 0 bridgehead atoms. The molecule has 0 aromatic rings. The fourth-order valence-electron chi connectivity index (χ4n) is 3.54. The molecule has 1 heterocycles. The Hall–Kier alpha value is -0.610. The van der Waals surface area contributed by atoms with Crippen molar-refractivity contribution in [3.8, 4) is 0 Å². The second-order valence-electron chi connectivity index (χ2n) is 6.03. The molecule has 2 fully saturated rings. The third kappa shape index (κ3) is 3.93. The van der Waals surface area contributed by atoms with E-state index in [1.807, 2.05) is 0 Å². The first-order chi connectivity index (χ1) is 9.22. The third-order valence-corrected chi connectivity index (χ3v) is 4.76. The van der Waals surface area contributed by atoms with Crippen molar-refractivity contribution in [1.82, 2.24) is 15.5 Å². The summed E-state index contributed by atoms with van der Waals surface area (Å²) in [6, 6.07) is 1.38. The predicted molar refractivity (Wildman–Crippen MR) is 78.1 cm³/mol. The number of hydrogen-bond donors (Lipinski definition) is 2. The lowest BCUT2D eigenvalue weighted by atomic mass is 9.89. The summed E-state index contributed by atoms with van der Waals surface area (Å²) < 4.78 is 0. The lowest BCUT2D eigenvalue weighted by molar-refractivity contribution is -0.126. The van der Waals surface area contributed by atoms with Gasteiger partial charge >= 0.3 is 0 Å². The fraction of sp³-hybridized carbons (Fsp3) is 0.933. The molecule has 1 saturated heterocycles. The number of likely N-dealkylation sites (N-methyl/N-ethyl adjacent to an activating group) is 1. The summed E-state index contributed by atoms with van der Waals surface area (Å²) in [5, 5.41) is 6.60. The fourth-order valence-corrected chi connectivity index (χ4v) is 3.54. The molecule has 2 rings (SSSR count). The zero-order valence-electron chi connectivity index (χ0n) is 12.5. The van der Waals surface area contributed by atoms with Gasteiger partial charge in [0.1, 0.15) is 0 Å². The Balaban J connectivity index is 1.85. The van der Waals surface area contributed by atoms with Crippen LogP contribution in [0, 0.1) is 0 Å². The molecule has 2 aliphatic rings. The largest absolute Gasteiger partial charge is 0.355 e. The summed E-state index contributed by atoms with van der Waals surface area (Å²) in [6.45, 7) is 4.10. The molecular weight excluding hydrogens is 238 g/mol. The molecule has 19 heavy (non-hydrogen) atoms. The van der Waals surface area contributed by atoms with Crippen LogP contribution in [0.4, 0.5) is 0 Å². The minimum absolute atomic E-state index is 0.100. The van der Waals surface area contributed by atoms with E-state index in [0.717, 1.165) is 25.9 Å². The Labute approximate surface area is 117 Å². The van der Waals surface area contributed by atoms with Gasteiger partial charge in [0.25, 0.3) is 0 Å². The molecule has 0 aromatic heterocycles. The highest BCUT2D eigenvalue weighted by Crippen LogP contribution is 2.25. The standard InChI is InChI=1S/C15H29N3O/c1-3-16-12-7-9-13(10-8-12)18(2)14-6-4-5-11-17-15(14)19/h12-14,16H,3-11H2,1-2H3,(H,17,19). The van der Waals surface area contributed by atoms with Crippen LogP contribution in [0.5, 0.6) is 0 Å². The lowest BCUT2D eigenvalue weighted by Gasteiger charge is -2.38. The first kappa shape index (κ1) is 14.8. The van der Waals surface area contributed by atoms with Crippen molar-refractivity contribution in [2.24, 2.45) is 0 Å². The minimum atomic E-state index is 0.100. The molecule has 0 radical (unpaired) electrons. The molecule has 110 valence electrons. The molecule has 1 saturated carbocycles. The number of nitrogens with zero attached hydrogens (tertiary/aromatic N) is 1. The second-order valence-corrected chi connectivity index (χ2v) is 6.03. The van der Waals surface area contributed by atoms with E-state index in [4.69, 9.17) is 0 Å². The van der Waals surface area contributed by atoms with Gasteiger partial charge in [-0.15, -0.1) is 0 Å². The van der Waals surface area contributed by atoms with Gasteiger partial charge in [0.05, 0.1) is 6.04 Å². The molecule has 1 unspecified atom stereocenters. The van der Waals surface area contributed by atoms with Gasteiger partial charge in [-0.2, -0.15) is 0 Å². The monoisotopic (exact) mass is 267 g/mol. The van der Waals surface area contributed by atoms with Crippen LogP contribution in [0.15, 0.2) is 0 Å². The maximum Gasteiger partial charge on any atom is 0.237 e. The van der Waals surface area contributed by atoms with E-state index in [0.29, 0.717) is 12.1 Å². The van der Waals surface area contributed by atoms with Gasteiger partial charge in [0, 0.05) is 18.6 Å². The van der Waals surface area contributed by atoms with Crippen molar-refractivity contribution < 1.29 is 4.79 Å². The van der Waals surface area contributed by atoms with Gasteiger partial charge in [-0.1, -0.05) is 6.92 Å². The minimum Gasteiger partial charge on any atom is -0.355 e. The van der Waals surface area contributed by atoms with Gasteiger partial charge in [-0.3, -0.25) is 9.69 Å². The number of amides is 1. The summed E-state index contributed by atoms with van der Waals surface area (Å²) in [4.78, 5) is 14.5. The van der Waals surface area contributed by atoms with Gasteiger partial charge in [0.2, 0.25) is 5.91 Å². The SMILES string of the molecule is CCNC1CCC(N(C)C2CCCCNC2=O)CC1. The molecule has 1 aliphatic heterocycles. The number of carbonyl (C=O) groups excluding carboxylic acids is 1. The molecule has 0 spiro atoms. The predicted octanol–water partition coefficient (Wildman–Crippen LogP) is 1.51. The van der Waals surface area contributed by atoms with Crippen LogP contribution in [0.2, 0.25) is 0 Å². The Morgan fingerprint density at radius 2 is 1.95 bits per heavy atom. The zero-order valence-corrected chi connectivity index (χ0v) is 12.5. The molecule has 4 nitrogen and oxygen atoms in total. The van der Waals surface area contributed by atoms with Crippen molar-refractivity contribution in [2.75, 3.05) is 20.1 Å². The van der Waals surface area contributed by atoms with E-state index < -0.39 is 0 Å². The van der Waals surface area contributed by atoms with E-state index in [1.165, 1.54) is 32.1 Å². The van der Waals surface area contributed by atoms with Crippen molar-refractivity contribution >= 4 is 5.91 Å². The highest BCUT2D eigenvalue weighted by atomic mass is 16.2. The Kier molecular flexibility index (Phi) is 5.64. The zero-order chi connectivity index (χ0) is 13.7. The van der Waals surface area contributed by atoms with Crippen LogP contribution in [0.25, 0.3) is 0 Å². The Morgan fingerprint density at radius 3 is 2.63 bits per heavy atom. The van der Waals surface area contributed by atoms with E-state index in [-0.39, 0.29) is 11.9 Å². The van der Waals surface area contributed by atoms with Gasteiger partial charge < -0.3 is 10.6 Å². The van der Waals surface area contributed by atoms with Crippen molar-refractivity contribution in [1.29, 1.82) is 0 Å². The molecule has 4 heteroatoms. The molecule has 1 amide bonds. The molecule has 0 aromatic carbocycles. The maximum absolute atomic E-state index is 12.1. The average Bonchev–Trinajstić information content (AvgIpc) is 2.64. The highest BCUT2D eigenvalue weighted by molar-refractivity contribution is 5.81. The first-order valence-corrected chi connectivity index (χ1v) is 7.95. The number of hydrogen-bond acceptors (Lipinski definition) is 3. The summed E-state index contributed by atoms with van der Waals surface area (Å²) in [7, 11) is 2.15. The van der Waals surface area contributed by atoms with Gasteiger partial charge in [-0.05, 0) is 58.5 Å². The summed E-state index contributed by atoms with van der Waals surface area (Å²) in [5.74, 6) is 0.244. The second kappa shape index (κ2) is 7.25. The average molecular weight is 267 g/mol. The molecule has 1 aliphatic carbocycles. The van der Waals surface area contributed by atoms with Crippen molar-refractivity contribution in [2.45, 2.75) is 70.0 Å². The van der Waals surface area contributed by atoms with Crippen molar-refractivity contribution in [3.63, 3.8) is 0 Å². The van der Waals surface area contributed by atoms with Crippen LogP contribution in [0.1, 0.15) is 51.9 Å². The Bertz CT molecular complexity index is 287. The first-order valence-electron chi connectivity index (χ1n) is 7.95. The van der Waals surface area contributed by atoms with E-state index in [2.05, 4.69) is 29.5 Å². The van der Waals surface area contributed by atoms with Crippen LogP contribution in [-0.4, -0.2) is 49.1 Å². The van der Waals surface area contributed by atoms with E-state index in [9.17, 15) is 4.79 Å². The van der Waals surface area contributed by atoms with Crippen LogP contribution in [0.3, 0.4) is 0 Å². The normalized spacial score (nSPS) is 33.0. The summed E-state index contributed by atoms with van der Waals surface area (Å²) in [6.07, 6.45) is 8.25. The number of carbonyl (C=O) groups is 1. The lowest BCUT2D eigenvalue weighted by Crippen LogP contribution is -2.50. The van der Waals surface area contributed by atoms with Crippen LogP contribution in [-0.2, 0) is 4.79 Å². The van der Waals surface area contributed by atoms with Crippen LogP contribution >= 0.6 is 0 Å². The maximum atomic E-state index is 12.1. The van der Waals surface area contributed by atoms with E-state index >= 15 is 0 Å². The summed E-state index contributed by atoms with van der Waals surface area (Å²) in [5.41, 5.74) is 0. The number of rotatable bonds is 4. The molecule has 1 atom stereocenters.